The zero-order valence-corrected chi connectivity index (χ0v) is 37.0. The fourth-order valence-corrected chi connectivity index (χ4v) is 9.78. The smallest absolute Gasteiger partial charge is 0.320 e. The molecule has 0 spiro atoms. The van der Waals surface area contributed by atoms with Crippen molar-refractivity contribution in [2.24, 2.45) is 7.05 Å². The van der Waals surface area contributed by atoms with Crippen molar-refractivity contribution in [1.82, 2.24) is 19.5 Å². The highest BCUT2D eigenvalue weighted by Crippen LogP contribution is 2.45. The zero-order chi connectivity index (χ0) is 47.6. The van der Waals surface area contributed by atoms with Crippen molar-refractivity contribution in [3.63, 3.8) is 0 Å². The number of nitrogens with zero attached hydrogens (tertiary/aromatic N) is 4. The van der Waals surface area contributed by atoms with Crippen LogP contribution in [-0.4, -0.2) is 75.1 Å². The second kappa shape index (κ2) is 16.5. The van der Waals surface area contributed by atoms with Crippen LogP contribution in [0.5, 0.6) is 6.01 Å². The molecule has 8 rings (SSSR count). The Morgan fingerprint density at radius 3 is 1.83 bits per heavy atom. The molecule has 0 saturated heterocycles. The van der Waals surface area contributed by atoms with Crippen LogP contribution >= 0.6 is 0 Å². The molecule has 1 aliphatic carbocycles. The van der Waals surface area contributed by atoms with Crippen molar-refractivity contribution in [3.8, 4) is 17.1 Å². The number of pyridine rings is 1. The lowest BCUT2D eigenvalue weighted by atomic mass is 9.80. The van der Waals surface area contributed by atoms with E-state index in [2.05, 4.69) is 30.9 Å². The first-order chi connectivity index (χ1) is 31.1. The fourth-order valence-electron chi connectivity index (χ4n) is 7.87. The molecule has 0 amide bonds. The van der Waals surface area contributed by atoms with E-state index in [1.807, 2.05) is 32.0 Å². The molecule has 23 heteroatoms. The Hall–Kier alpha value is -7.41. The number of fused-ring (bicyclic) bond motifs is 2. The number of benzene rings is 5. The molecule has 0 saturated carbocycles. The predicted octanol–water partition coefficient (Wildman–Crippen LogP) is 5.97. The molecule has 2 heterocycles. The number of rotatable bonds is 13. The number of aromatic nitrogens is 4. The highest BCUT2D eigenvalue weighted by Gasteiger charge is 2.35. The molecule has 1 aliphatic rings. The van der Waals surface area contributed by atoms with Gasteiger partial charge in [-0.25, -0.2) is 0 Å². The Kier molecular flexibility index (Phi) is 11.3. The van der Waals surface area contributed by atoms with Crippen LogP contribution in [-0.2, 0) is 50.2 Å². The summed E-state index contributed by atoms with van der Waals surface area (Å²) in [6.45, 7) is 3.85. The molecule has 0 radical (unpaired) electrons. The lowest BCUT2D eigenvalue weighted by Crippen LogP contribution is -2.29. The Balaban J connectivity index is 1.32. The molecule has 20 nitrogen and oxygen atoms in total. The first kappa shape index (κ1) is 45.2. The first-order valence-electron chi connectivity index (χ1n) is 19.6. The Morgan fingerprint density at radius 2 is 1.23 bits per heavy atom. The van der Waals surface area contributed by atoms with Crippen LogP contribution in [0, 0.1) is 0 Å². The van der Waals surface area contributed by atoms with Crippen LogP contribution in [0.25, 0.3) is 22.0 Å². The number of ketones is 2. The standard InChI is InChI=1S/C43H35N7O13S3/c1-4-21-10-8-11-22(5-2)37(21)46-42-47-41(48-43(54)49-42)45-29-19-28(31(65(58,59)60)20-32(29)66(61,62)63)44-27-16-17-30-35-33(25-14-6-7-15-26(25)39(52)34(27)35)36(40(53)50(30)3)38(51)23-12-9-13-24(18-23)64(55,56)57/h6-20,44H,4-5H2,1-3H3,(H,55,56,57)(H,58,59,60)(H,61,62,63)(H3,45,46,47,48,49,54). The minimum absolute atomic E-state index is 0.0120. The zero-order valence-electron chi connectivity index (χ0n) is 34.6. The van der Waals surface area contributed by atoms with E-state index in [-0.39, 0.29) is 50.4 Å². The van der Waals surface area contributed by atoms with E-state index in [0.717, 1.165) is 33.9 Å². The summed E-state index contributed by atoms with van der Waals surface area (Å²) >= 11 is 0. The molecule has 2 aromatic heterocycles. The highest BCUT2D eigenvalue weighted by atomic mass is 32.2. The molecule has 0 bridgehead atoms. The maximum absolute atomic E-state index is 14.6. The van der Waals surface area contributed by atoms with Crippen molar-refractivity contribution in [2.45, 2.75) is 41.4 Å². The van der Waals surface area contributed by atoms with Crippen LogP contribution in [0.1, 0.15) is 56.8 Å². The van der Waals surface area contributed by atoms with E-state index >= 15 is 0 Å². The van der Waals surface area contributed by atoms with Crippen molar-refractivity contribution >= 4 is 87.5 Å². The third-order valence-corrected chi connectivity index (χ3v) is 13.5. The minimum atomic E-state index is -5.37. The van der Waals surface area contributed by atoms with Crippen molar-refractivity contribution in [1.29, 1.82) is 0 Å². The van der Waals surface area contributed by atoms with Gasteiger partial charge in [0, 0.05) is 34.8 Å². The van der Waals surface area contributed by atoms with Gasteiger partial charge < -0.3 is 25.6 Å². The predicted molar refractivity (Wildman–Crippen MR) is 240 cm³/mol. The number of aromatic hydroxyl groups is 1. The molecule has 0 fully saturated rings. The van der Waals surface area contributed by atoms with Gasteiger partial charge in [-0.2, -0.15) is 40.2 Å². The number of nitrogens with one attached hydrogen (secondary N) is 3. The summed E-state index contributed by atoms with van der Waals surface area (Å²) in [5, 5.41) is 19.0. The summed E-state index contributed by atoms with van der Waals surface area (Å²) in [5.41, 5.74) is -0.609. The van der Waals surface area contributed by atoms with Crippen LogP contribution in [0.3, 0.4) is 0 Å². The normalized spacial score (nSPS) is 12.5. The number of carbonyl (C=O) groups is 2. The largest absolute Gasteiger partial charge is 0.479 e. The summed E-state index contributed by atoms with van der Waals surface area (Å²) in [5.74, 6) is -2.34. The van der Waals surface area contributed by atoms with E-state index in [0.29, 0.717) is 24.6 Å². The molecule has 5 aromatic carbocycles. The second-order valence-electron chi connectivity index (χ2n) is 14.8. The highest BCUT2D eigenvalue weighted by molar-refractivity contribution is 7.87. The number of hydrogen-bond acceptors (Lipinski definition) is 16. The SMILES string of the molecule is CCc1cccc(CC)c1Nc1nc(O)nc(Nc2cc(Nc3ccc4c5c3C(=O)c3ccccc3-c5c(C(=O)c3cccc(S(=O)(=O)O)c3)c(=O)n4C)c(S(=O)(=O)O)cc2S(=O)(=O)O)n1. The van der Waals surface area contributed by atoms with Gasteiger partial charge in [0.1, 0.15) is 9.79 Å². The summed E-state index contributed by atoms with van der Waals surface area (Å²) in [6, 6.07) is 19.1. The Bertz CT molecular complexity index is 3650. The number of aryl methyl sites for hydroxylation is 3. The van der Waals surface area contributed by atoms with E-state index in [1.54, 1.807) is 6.07 Å². The average molecular weight is 954 g/mol. The third kappa shape index (κ3) is 8.14. The van der Waals surface area contributed by atoms with Gasteiger partial charge in [-0.1, -0.05) is 68.4 Å². The maximum atomic E-state index is 14.6. The van der Waals surface area contributed by atoms with Crippen LogP contribution in [0.15, 0.2) is 110 Å². The maximum Gasteiger partial charge on any atom is 0.320 e. The van der Waals surface area contributed by atoms with Gasteiger partial charge in [-0.15, -0.1) is 0 Å². The molecule has 338 valence electrons. The van der Waals surface area contributed by atoms with Gasteiger partial charge in [0.2, 0.25) is 11.9 Å². The summed E-state index contributed by atoms with van der Waals surface area (Å²) < 4.78 is 107. The van der Waals surface area contributed by atoms with E-state index in [9.17, 15) is 58.4 Å². The molecular formula is C43H35N7O13S3. The molecule has 0 aliphatic heterocycles. The van der Waals surface area contributed by atoms with Gasteiger partial charge in [0.15, 0.2) is 11.6 Å². The summed E-state index contributed by atoms with van der Waals surface area (Å²) in [6.07, 6.45) is 1.21. The molecular weight excluding hydrogens is 919 g/mol. The quantitative estimate of drug-likeness (QED) is 0.0517. The summed E-state index contributed by atoms with van der Waals surface area (Å²) in [7, 11) is -14.2. The average Bonchev–Trinajstić information content (AvgIpc) is 3.25. The van der Waals surface area contributed by atoms with E-state index in [4.69, 9.17) is 0 Å². The van der Waals surface area contributed by atoms with Crippen molar-refractivity contribution in [2.75, 3.05) is 16.0 Å². The molecule has 7 aromatic rings. The van der Waals surface area contributed by atoms with Crippen LogP contribution in [0.2, 0.25) is 0 Å². The topological polar surface area (TPSA) is 314 Å². The van der Waals surface area contributed by atoms with Gasteiger partial charge in [-0.3, -0.25) is 28.0 Å². The van der Waals surface area contributed by atoms with Gasteiger partial charge >= 0.3 is 6.01 Å². The lowest BCUT2D eigenvalue weighted by molar-refractivity contribution is 0.102. The Morgan fingerprint density at radius 1 is 0.636 bits per heavy atom. The number of para-hydroxylation sites is 1. The van der Waals surface area contributed by atoms with Gasteiger partial charge in [-0.05, 0) is 65.9 Å². The van der Waals surface area contributed by atoms with Gasteiger partial charge in [0.25, 0.3) is 35.9 Å². The number of carbonyl (C=O) groups excluding carboxylic acids is 2. The molecule has 0 atom stereocenters. The lowest BCUT2D eigenvalue weighted by Gasteiger charge is -2.26. The molecule has 66 heavy (non-hydrogen) atoms. The van der Waals surface area contributed by atoms with E-state index in [1.165, 1.54) is 49.5 Å². The number of hydrogen-bond donors (Lipinski definition) is 7. The first-order valence-corrected chi connectivity index (χ1v) is 23.9. The second-order valence-corrected chi connectivity index (χ2v) is 19.0. The number of anilines is 6. The summed E-state index contributed by atoms with van der Waals surface area (Å²) in [4.78, 5) is 52.4. The molecule has 7 N–H and O–H groups in total. The van der Waals surface area contributed by atoms with Gasteiger partial charge in [0.05, 0.1) is 38.6 Å². The monoisotopic (exact) mass is 953 g/mol. The fraction of sp³-hybridized carbons (Fsp3) is 0.116. The third-order valence-electron chi connectivity index (χ3n) is 10.9. The van der Waals surface area contributed by atoms with E-state index < -0.39 is 91.1 Å². The van der Waals surface area contributed by atoms with Crippen LogP contribution in [0.4, 0.5) is 34.6 Å². The van der Waals surface area contributed by atoms with Crippen molar-refractivity contribution in [3.05, 3.63) is 135 Å². The van der Waals surface area contributed by atoms with Crippen LogP contribution < -0.4 is 21.5 Å². The molecule has 0 unspecified atom stereocenters. The van der Waals surface area contributed by atoms with Crippen molar-refractivity contribution < 1.29 is 53.6 Å². The minimum Gasteiger partial charge on any atom is -0.479 e. The Labute approximate surface area is 375 Å².